The van der Waals surface area contributed by atoms with Crippen molar-refractivity contribution in [3.8, 4) is 0 Å². The molecule has 0 aliphatic rings. The smallest absolute Gasteiger partial charge is 0.111 e. The average Bonchev–Trinajstić information content (AvgIpc) is 3.54. The summed E-state index contributed by atoms with van der Waals surface area (Å²) in [5.74, 6) is 2.07. The highest BCUT2D eigenvalue weighted by Crippen LogP contribution is 2.31. The first-order chi connectivity index (χ1) is 22.2. The van der Waals surface area contributed by atoms with Gasteiger partial charge in [0.1, 0.15) is 5.82 Å². The molecule has 0 saturated heterocycles. The molecule has 0 amide bonds. The van der Waals surface area contributed by atoms with Gasteiger partial charge >= 0.3 is 0 Å². The minimum Gasteiger partial charge on any atom is -0.332 e. The lowest BCUT2D eigenvalue weighted by atomic mass is 9.92. The lowest BCUT2D eigenvalue weighted by molar-refractivity contribution is 0.412. The molecule has 1 heterocycles. The summed E-state index contributed by atoms with van der Waals surface area (Å²) in [6, 6.07) is 0.587. The van der Waals surface area contributed by atoms with Gasteiger partial charge in [-0.3, -0.25) is 0 Å². The zero-order valence-corrected chi connectivity index (χ0v) is 31.7. The van der Waals surface area contributed by atoms with Crippen LogP contribution in [-0.2, 0) is 0 Å². The van der Waals surface area contributed by atoms with Gasteiger partial charge in [0.05, 0.1) is 0 Å². The number of aromatic nitrogens is 2. The molecule has 266 valence electrons. The third kappa shape index (κ3) is 25.0. The van der Waals surface area contributed by atoms with E-state index >= 15 is 0 Å². The van der Waals surface area contributed by atoms with Crippen LogP contribution in [0.5, 0.6) is 0 Å². The van der Waals surface area contributed by atoms with Crippen molar-refractivity contribution in [3.63, 3.8) is 0 Å². The fourth-order valence-corrected chi connectivity index (χ4v) is 7.42. The van der Waals surface area contributed by atoms with E-state index in [-0.39, 0.29) is 0 Å². The van der Waals surface area contributed by atoms with Crippen LogP contribution in [0.2, 0.25) is 0 Å². The van der Waals surface area contributed by atoms with Gasteiger partial charge in [-0.2, -0.15) is 0 Å². The van der Waals surface area contributed by atoms with Gasteiger partial charge in [-0.15, -0.1) is 0 Å². The van der Waals surface area contributed by atoms with Crippen LogP contribution in [0.15, 0.2) is 12.4 Å². The van der Waals surface area contributed by atoms with E-state index in [1.807, 2.05) is 0 Å². The molecule has 2 nitrogen and oxygen atoms in total. The number of hydrogen-bond donors (Lipinski definition) is 0. The highest BCUT2D eigenvalue weighted by molar-refractivity contribution is 5.02. The molecule has 0 bridgehead atoms. The van der Waals surface area contributed by atoms with Crippen LogP contribution in [0, 0.1) is 0 Å². The Morgan fingerprint density at radius 3 is 1.04 bits per heavy atom. The fourth-order valence-electron chi connectivity index (χ4n) is 7.42. The van der Waals surface area contributed by atoms with Crippen LogP contribution in [0.1, 0.15) is 264 Å². The molecule has 0 aliphatic heterocycles. The molecule has 0 radical (unpaired) electrons. The van der Waals surface area contributed by atoms with Crippen molar-refractivity contribution in [2.75, 3.05) is 0 Å². The Labute approximate surface area is 285 Å². The van der Waals surface area contributed by atoms with E-state index < -0.39 is 0 Å². The van der Waals surface area contributed by atoms with E-state index in [0.29, 0.717) is 12.0 Å². The summed E-state index contributed by atoms with van der Waals surface area (Å²) in [6.07, 6.45) is 52.7. The maximum atomic E-state index is 5.01. The molecule has 2 heteroatoms. The molecular weight excluding hydrogens is 544 g/mol. The molecule has 0 spiro atoms. The van der Waals surface area contributed by atoms with Gasteiger partial charge < -0.3 is 4.57 Å². The van der Waals surface area contributed by atoms with Gasteiger partial charge in [0, 0.05) is 24.4 Å². The maximum Gasteiger partial charge on any atom is 0.111 e. The zero-order chi connectivity index (χ0) is 32.5. The quantitative estimate of drug-likeness (QED) is 0.0676. The van der Waals surface area contributed by atoms with Gasteiger partial charge in [-0.1, -0.05) is 220 Å². The van der Waals surface area contributed by atoms with Gasteiger partial charge in [0.15, 0.2) is 0 Å². The lowest BCUT2D eigenvalue weighted by Gasteiger charge is -2.22. The fraction of sp³-hybridized carbons (Fsp3) is 0.930. The third-order valence-electron chi connectivity index (χ3n) is 10.6. The first-order valence-electron chi connectivity index (χ1n) is 21.3. The highest BCUT2D eigenvalue weighted by Gasteiger charge is 2.19. The molecule has 45 heavy (non-hydrogen) atoms. The van der Waals surface area contributed by atoms with Crippen LogP contribution in [0.25, 0.3) is 0 Å². The second-order valence-electron chi connectivity index (χ2n) is 15.0. The summed E-state index contributed by atoms with van der Waals surface area (Å²) < 4.78 is 2.59. The second kappa shape index (κ2) is 33.1. The number of rotatable bonds is 36. The second-order valence-corrected chi connectivity index (χ2v) is 15.0. The van der Waals surface area contributed by atoms with E-state index in [1.165, 1.54) is 224 Å². The monoisotopic (exact) mass is 629 g/mol. The van der Waals surface area contributed by atoms with E-state index in [0.717, 1.165) is 0 Å². The van der Waals surface area contributed by atoms with Crippen LogP contribution in [0.4, 0.5) is 0 Å². The molecule has 0 fully saturated rings. The number of unbranched alkanes of at least 4 members (excludes halogenated alkanes) is 28. The van der Waals surface area contributed by atoms with Crippen molar-refractivity contribution in [3.05, 3.63) is 18.2 Å². The molecule has 1 aromatic rings. The molecule has 0 aromatic carbocycles. The van der Waals surface area contributed by atoms with E-state index in [9.17, 15) is 0 Å². The topological polar surface area (TPSA) is 17.8 Å². The van der Waals surface area contributed by atoms with E-state index in [4.69, 9.17) is 4.98 Å². The summed E-state index contributed by atoms with van der Waals surface area (Å²) in [6.45, 7) is 9.40. The standard InChI is InChI=1S/C43H84N2/c1-5-8-11-14-17-19-21-22-23-24-25-26-28-30-33-36-41(4)45-40-39-44-43(45)42(37-34-31-16-13-10-7-3)38-35-32-29-27-20-18-15-12-9-6-2/h39-42H,5-38H2,1-4H3. The molecule has 0 saturated carbocycles. The van der Waals surface area contributed by atoms with Crippen molar-refractivity contribution in [1.29, 1.82) is 0 Å². The normalized spacial score (nSPS) is 13.1. The number of nitrogens with zero attached hydrogens (tertiary/aromatic N) is 2. The minimum atomic E-state index is 0.587. The van der Waals surface area contributed by atoms with Gasteiger partial charge in [0.2, 0.25) is 0 Å². The van der Waals surface area contributed by atoms with Crippen LogP contribution >= 0.6 is 0 Å². The lowest BCUT2D eigenvalue weighted by Crippen LogP contribution is -2.13. The van der Waals surface area contributed by atoms with Crippen LogP contribution in [0.3, 0.4) is 0 Å². The molecule has 0 N–H and O–H groups in total. The van der Waals surface area contributed by atoms with Crippen molar-refractivity contribution in [1.82, 2.24) is 9.55 Å². The van der Waals surface area contributed by atoms with Crippen molar-refractivity contribution in [2.45, 2.75) is 258 Å². The predicted molar refractivity (Wildman–Crippen MR) is 204 cm³/mol. The van der Waals surface area contributed by atoms with Crippen LogP contribution < -0.4 is 0 Å². The molecule has 2 unspecified atom stereocenters. The Morgan fingerprint density at radius 2 is 0.711 bits per heavy atom. The largest absolute Gasteiger partial charge is 0.332 e. The predicted octanol–water partition coefficient (Wildman–Crippen LogP) is 15.9. The Balaban J connectivity index is 2.30. The third-order valence-corrected chi connectivity index (χ3v) is 10.6. The zero-order valence-electron chi connectivity index (χ0n) is 31.7. The van der Waals surface area contributed by atoms with Crippen molar-refractivity contribution in [2.24, 2.45) is 0 Å². The summed E-state index contributed by atoms with van der Waals surface area (Å²) >= 11 is 0. The number of imidazole rings is 1. The van der Waals surface area contributed by atoms with Gasteiger partial charge in [-0.25, -0.2) is 4.98 Å². The summed E-state index contributed by atoms with van der Waals surface area (Å²) in [7, 11) is 0. The Morgan fingerprint density at radius 1 is 0.422 bits per heavy atom. The molecule has 0 aliphatic carbocycles. The molecule has 1 aromatic heterocycles. The highest BCUT2D eigenvalue weighted by atomic mass is 15.1. The molecule has 1 rings (SSSR count). The number of hydrogen-bond acceptors (Lipinski definition) is 1. The van der Waals surface area contributed by atoms with Gasteiger partial charge in [-0.05, 0) is 26.2 Å². The van der Waals surface area contributed by atoms with E-state index in [2.05, 4.69) is 44.7 Å². The maximum absolute atomic E-state index is 5.01. The summed E-state index contributed by atoms with van der Waals surface area (Å²) in [4.78, 5) is 5.01. The first kappa shape index (κ1) is 42.2. The molecule has 2 atom stereocenters. The SMILES string of the molecule is CCCCCCCCCCCCCCCCCC(C)n1ccnc1C(CCCCCCCC)CCCCCCCCCCCC. The Bertz CT molecular complexity index is 694. The summed E-state index contributed by atoms with van der Waals surface area (Å²) in [5, 5.41) is 0. The van der Waals surface area contributed by atoms with Crippen LogP contribution in [-0.4, -0.2) is 9.55 Å². The Hall–Kier alpha value is -0.790. The minimum absolute atomic E-state index is 0.587. The average molecular weight is 629 g/mol. The molecular formula is C43H84N2. The Kier molecular flexibility index (Phi) is 31.1. The first-order valence-corrected chi connectivity index (χ1v) is 21.3. The van der Waals surface area contributed by atoms with Crippen molar-refractivity contribution >= 4 is 0 Å². The van der Waals surface area contributed by atoms with E-state index in [1.54, 1.807) is 0 Å². The summed E-state index contributed by atoms with van der Waals surface area (Å²) in [5.41, 5.74) is 0. The van der Waals surface area contributed by atoms with Crippen molar-refractivity contribution < 1.29 is 0 Å². The van der Waals surface area contributed by atoms with Gasteiger partial charge in [0.25, 0.3) is 0 Å².